The number of rotatable bonds is 9. The molecule has 4 aliphatic heterocycles. The number of likely N-dealkylation sites (tertiary alicyclic amines) is 1. The number of ether oxygens (including phenoxy) is 2. The molecule has 0 radical (unpaired) electrons. The molecule has 1 saturated carbocycles. The van der Waals surface area contributed by atoms with E-state index in [1.807, 2.05) is 24.4 Å². The molecule has 58 heavy (non-hydrogen) atoms. The van der Waals surface area contributed by atoms with Gasteiger partial charge in [0.15, 0.2) is 5.65 Å². The van der Waals surface area contributed by atoms with E-state index in [1.165, 1.54) is 0 Å². The fourth-order valence-corrected chi connectivity index (χ4v) is 10.1. The zero-order valence-electron chi connectivity index (χ0n) is 32.5. The van der Waals surface area contributed by atoms with Gasteiger partial charge in [-0.1, -0.05) is 24.0 Å². The van der Waals surface area contributed by atoms with E-state index in [1.54, 1.807) is 21.6 Å². The number of hydrogen-bond donors (Lipinski definition) is 1. The highest BCUT2D eigenvalue weighted by Crippen LogP contribution is 2.40. The average Bonchev–Trinajstić information content (AvgIpc) is 4.09. The third-order valence-electron chi connectivity index (χ3n) is 13.2. The molecule has 6 aliphatic rings. The van der Waals surface area contributed by atoms with Gasteiger partial charge in [-0.05, 0) is 98.6 Å². The quantitative estimate of drug-likeness (QED) is 0.167. The highest BCUT2D eigenvalue weighted by Gasteiger charge is 2.40. The summed E-state index contributed by atoms with van der Waals surface area (Å²) >= 11 is 0. The lowest BCUT2D eigenvalue weighted by molar-refractivity contribution is -0.134. The molecule has 10 rings (SSSR count). The molecule has 1 aromatic carbocycles. The fraction of sp³-hybridized carbons (Fsp3) is 0.523. The Morgan fingerprint density at radius 2 is 1.86 bits per heavy atom. The van der Waals surface area contributed by atoms with Crippen molar-refractivity contribution in [3.63, 3.8) is 0 Å². The number of carbonyl (C=O) groups is 2. The standard InChI is InChI=1S/C44H48F2N8O4/c45-42(46)41-38(37-22-47-53-18-15-39(48-43(37)53)52-24-33-21-31(52)26-58-33)25-54(50-41)30-7-3-28(4-8-30)23-51-16-13-32(14-17-51)57-19-1-2-27-5-9-34-29(20-27)6-10-35(34)36-11-12-40(55)49-44(36)56/h5,9-10,15,18,20,22,25,28,30-33,36,42H,3-4,6-8,11-14,16-17,19,21,23-24,26H2,(H,49,55,56). The Labute approximate surface area is 335 Å². The number of alkyl halides is 2. The number of carbonyl (C=O) groups excluding carboxylic acids is 2. The number of fused-ring (bicyclic) bond motifs is 4. The van der Waals surface area contributed by atoms with Crippen LogP contribution in [0.3, 0.4) is 0 Å². The van der Waals surface area contributed by atoms with E-state index in [4.69, 9.17) is 14.5 Å². The van der Waals surface area contributed by atoms with Crippen LogP contribution < -0.4 is 10.2 Å². The lowest BCUT2D eigenvalue weighted by atomic mass is 9.85. The van der Waals surface area contributed by atoms with Crippen molar-refractivity contribution >= 4 is 28.9 Å². The molecule has 2 aliphatic carbocycles. The monoisotopic (exact) mass is 790 g/mol. The Morgan fingerprint density at radius 1 is 1.00 bits per heavy atom. The first-order valence-electron chi connectivity index (χ1n) is 20.9. The van der Waals surface area contributed by atoms with Crippen LogP contribution >= 0.6 is 0 Å². The number of anilines is 1. The summed E-state index contributed by atoms with van der Waals surface area (Å²) < 4.78 is 44.3. The van der Waals surface area contributed by atoms with Gasteiger partial charge < -0.3 is 19.3 Å². The van der Waals surface area contributed by atoms with Crippen LogP contribution in [0.2, 0.25) is 0 Å². The van der Waals surface area contributed by atoms with Crippen molar-refractivity contribution in [1.29, 1.82) is 0 Å². The number of allylic oxidation sites excluding steroid dienone is 1. The first kappa shape index (κ1) is 37.3. The van der Waals surface area contributed by atoms with Crippen LogP contribution in [-0.2, 0) is 25.5 Å². The number of nitrogens with one attached hydrogen (secondary N) is 1. The number of imide groups is 1. The minimum atomic E-state index is -2.71. The molecule has 14 heteroatoms. The lowest BCUT2D eigenvalue weighted by Gasteiger charge is -2.36. The molecule has 4 aromatic rings. The molecule has 3 aromatic heterocycles. The van der Waals surface area contributed by atoms with Gasteiger partial charge in [0.05, 0.1) is 48.6 Å². The summed E-state index contributed by atoms with van der Waals surface area (Å²) in [5.41, 5.74) is 5.53. The molecule has 1 N–H and O–H groups in total. The predicted molar refractivity (Wildman–Crippen MR) is 212 cm³/mol. The Bertz CT molecular complexity index is 2310. The second-order valence-corrected chi connectivity index (χ2v) is 16.8. The number of halogens is 2. The van der Waals surface area contributed by atoms with Crippen LogP contribution in [0, 0.1) is 23.7 Å². The molecule has 7 heterocycles. The Kier molecular flexibility index (Phi) is 10.1. The molecule has 3 atom stereocenters. The smallest absolute Gasteiger partial charge is 0.282 e. The number of benzene rings is 1. The van der Waals surface area contributed by atoms with Crippen molar-refractivity contribution in [3.8, 4) is 23.0 Å². The van der Waals surface area contributed by atoms with Crippen molar-refractivity contribution in [2.45, 2.75) is 94.9 Å². The van der Waals surface area contributed by atoms with Crippen LogP contribution in [0.4, 0.5) is 14.6 Å². The van der Waals surface area contributed by atoms with E-state index < -0.39 is 6.43 Å². The molecule has 0 spiro atoms. The van der Waals surface area contributed by atoms with E-state index in [0.29, 0.717) is 54.8 Å². The van der Waals surface area contributed by atoms with E-state index in [9.17, 15) is 18.4 Å². The SMILES string of the molecule is O=C1CCC(C2=CCc3cc(C#CCOC4CCN(CC5CCC(n6cc(-c7cnn8ccc(N9CC%10CC9CO%10)nc78)c(C(F)F)n6)CC5)CC4)ccc32)C(=O)N1. The van der Waals surface area contributed by atoms with Gasteiger partial charge in [0.1, 0.15) is 18.1 Å². The highest BCUT2D eigenvalue weighted by atomic mass is 19.3. The molecule has 4 saturated heterocycles. The largest absolute Gasteiger partial charge is 0.374 e. The van der Waals surface area contributed by atoms with Crippen molar-refractivity contribution < 1.29 is 27.8 Å². The molecular weight excluding hydrogens is 743 g/mol. The summed E-state index contributed by atoms with van der Waals surface area (Å²) in [4.78, 5) is 33.7. The van der Waals surface area contributed by atoms with E-state index >= 15 is 0 Å². The maximum atomic E-state index is 14.5. The number of piperidine rings is 2. The van der Waals surface area contributed by atoms with Crippen molar-refractivity contribution in [1.82, 2.24) is 34.6 Å². The summed E-state index contributed by atoms with van der Waals surface area (Å²) in [6.07, 6.45) is 13.6. The molecule has 12 nitrogen and oxygen atoms in total. The van der Waals surface area contributed by atoms with Crippen molar-refractivity contribution in [3.05, 3.63) is 71.3 Å². The first-order valence-corrected chi connectivity index (χ1v) is 20.9. The number of aromatic nitrogens is 5. The summed E-state index contributed by atoms with van der Waals surface area (Å²) in [5.74, 6) is 7.18. The van der Waals surface area contributed by atoms with Crippen molar-refractivity contribution in [2.75, 3.05) is 44.3 Å². The van der Waals surface area contributed by atoms with Crippen molar-refractivity contribution in [2.24, 2.45) is 11.8 Å². The molecule has 5 fully saturated rings. The maximum Gasteiger partial charge on any atom is 0.282 e. The topological polar surface area (TPSA) is 119 Å². The fourth-order valence-electron chi connectivity index (χ4n) is 10.1. The number of hydrogen-bond acceptors (Lipinski definition) is 9. The van der Waals surface area contributed by atoms with Gasteiger partial charge in [0.25, 0.3) is 6.43 Å². The third-order valence-corrected chi connectivity index (χ3v) is 13.2. The lowest BCUT2D eigenvalue weighted by Crippen LogP contribution is -2.41. The van der Waals surface area contributed by atoms with Crippen LogP contribution in [0.25, 0.3) is 22.3 Å². The Morgan fingerprint density at radius 3 is 2.64 bits per heavy atom. The zero-order chi connectivity index (χ0) is 39.3. The number of nitrogens with zero attached hydrogens (tertiary/aromatic N) is 7. The number of amides is 2. The molecule has 3 unspecified atom stereocenters. The highest BCUT2D eigenvalue weighted by molar-refractivity contribution is 6.04. The summed E-state index contributed by atoms with van der Waals surface area (Å²) in [6, 6.07) is 8.46. The maximum absolute atomic E-state index is 14.5. The molecule has 302 valence electrons. The van der Waals surface area contributed by atoms with Gasteiger partial charge in [-0.15, -0.1) is 0 Å². The van der Waals surface area contributed by atoms with Gasteiger partial charge in [-0.3, -0.25) is 19.6 Å². The minimum absolute atomic E-state index is 0.0806. The Hall–Kier alpha value is -4.97. The van der Waals surface area contributed by atoms with Crippen LogP contribution in [-0.4, -0.2) is 98.7 Å². The minimum Gasteiger partial charge on any atom is -0.374 e. The van der Waals surface area contributed by atoms with Gasteiger partial charge in [0, 0.05) is 56.1 Å². The third kappa shape index (κ3) is 7.33. The normalized spacial score (nSPS) is 26.3. The van der Waals surface area contributed by atoms with Crippen LogP contribution in [0.15, 0.2) is 48.9 Å². The van der Waals surface area contributed by atoms with E-state index in [0.717, 1.165) is 106 Å². The van der Waals surface area contributed by atoms with Gasteiger partial charge in [-0.25, -0.2) is 18.3 Å². The summed E-state index contributed by atoms with van der Waals surface area (Å²) in [6.45, 7) is 4.90. The zero-order valence-corrected chi connectivity index (χ0v) is 32.5. The number of morpholine rings is 1. The molecule has 2 bridgehead atoms. The second kappa shape index (κ2) is 15.7. The average molecular weight is 791 g/mol. The molecule has 2 amide bonds. The van der Waals surface area contributed by atoms with Crippen LogP contribution in [0.1, 0.15) is 92.6 Å². The first-order chi connectivity index (χ1) is 28.3. The van der Waals surface area contributed by atoms with Gasteiger partial charge >= 0.3 is 0 Å². The van der Waals surface area contributed by atoms with E-state index in [2.05, 4.69) is 49.3 Å². The van der Waals surface area contributed by atoms with Crippen LogP contribution in [0.5, 0.6) is 0 Å². The van der Waals surface area contributed by atoms with Gasteiger partial charge in [0.2, 0.25) is 11.8 Å². The molecular formula is C44H48F2N8O4. The van der Waals surface area contributed by atoms with E-state index in [-0.39, 0.29) is 41.7 Å². The predicted octanol–water partition coefficient (Wildman–Crippen LogP) is 5.76. The van der Waals surface area contributed by atoms with Gasteiger partial charge in [-0.2, -0.15) is 10.2 Å². The summed E-state index contributed by atoms with van der Waals surface area (Å²) in [7, 11) is 0. The second-order valence-electron chi connectivity index (χ2n) is 16.8. The summed E-state index contributed by atoms with van der Waals surface area (Å²) in [5, 5.41) is 11.4. The Balaban J connectivity index is 0.691.